The molecule has 0 aliphatic rings. The van der Waals surface area contributed by atoms with Gasteiger partial charge in [-0.2, -0.15) is 0 Å². The predicted octanol–water partition coefficient (Wildman–Crippen LogP) is 5.01. The number of anilines is 3. The van der Waals surface area contributed by atoms with Gasteiger partial charge in [0.1, 0.15) is 11.5 Å². The summed E-state index contributed by atoms with van der Waals surface area (Å²) in [5.74, 6) is 1.31. The van der Waals surface area contributed by atoms with Crippen molar-refractivity contribution in [2.75, 3.05) is 24.9 Å². The van der Waals surface area contributed by atoms with Gasteiger partial charge < -0.3 is 20.1 Å². The van der Waals surface area contributed by atoms with Crippen LogP contribution < -0.4 is 20.1 Å². The Bertz CT molecular complexity index is 1010. The van der Waals surface area contributed by atoms with E-state index in [0.29, 0.717) is 22.3 Å². The highest BCUT2D eigenvalue weighted by atomic mass is 32.1. The van der Waals surface area contributed by atoms with Crippen LogP contribution in [0.2, 0.25) is 0 Å². The maximum absolute atomic E-state index is 12.5. The van der Waals surface area contributed by atoms with Gasteiger partial charge in [-0.1, -0.05) is 17.7 Å². The van der Waals surface area contributed by atoms with Crippen molar-refractivity contribution in [1.82, 2.24) is 4.98 Å². The number of rotatable bonds is 7. The smallest absolute Gasteiger partial charge is 0.230 e. The fourth-order valence-corrected chi connectivity index (χ4v) is 3.92. The van der Waals surface area contributed by atoms with Gasteiger partial charge in [0.2, 0.25) is 5.91 Å². The number of aromatic nitrogens is 1. The largest absolute Gasteiger partial charge is 0.497 e. The molecule has 3 aromatic rings. The normalized spacial score (nSPS) is 10.5. The molecule has 29 heavy (non-hydrogen) atoms. The summed E-state index contributed by atoms with van der Waals surface area (Å²) in [5.41, 5.74) is 5.63. The van der Waals surface area contributed by atoms with Gasteiger partial charge in [0.05, 0.1) is 32.0 Å². The number of nitrogens with one attached hydrogen (secondary N) is 2. The van der Waals surface area contributed by atoms with E-state index in [9.17, 15) is 4.79 Å². The average Bonchev–Trinajstić information content (AvgIpc) is 3.11. The Morgan fingerprint density at radius 3 is 2.45 bits per heavy atom. The lowest BCUT2D eigenvalue weighted by molar-refractivity contribution is -0.115. The van der Waals surface area contributed by atoms with E-state index in [2.05, 4.69) is 27.8 Å². The number of carbonyl (C=O) groups excluding carboxylic acids is 1. The summed E-state index contributed by atoms with van der Waals surface area (Å²) < 4.78 is 10.6. The molecule has 152 valence electrons. The number of thiazole rings is 1. The molecule has 0 saturated heterocycles. The lowest BCUT2D eigenvalue weighted by Gasteiger charge is -2.12. The Hall–Kier alpha value is -3.06. The molecule has 2 aromatic carbocycles. The van der Waals surface area contributed by atoms with Gasteiger partial charge >= 0.3 is 0 Å². The van der Waals surface area contributed by atoms with Crippen molar-refractivity contribution < 1.29 is 14.3 Å². The SMILES string of the molecule is COc1ccc(OC)c(Nc2nc(CC(=O)Nc3c(C)cc(C)cc3C)cs2)c1. The standard InChI is InChI=1S/C22H25N3O3S/c1-13-8-14(2)21(15(3)9-13)25-20(26)10-16-12-29-22(23-16)24-18-11-17(27-4)6-7-19(18)28-5/h6-9,11-12H,10H2,1-5H3,(H,23,24)(H,25,26). The van der Waals surface area contributed by atoms with Crippen molar-refractivity contribution in [1.29, 1.82) is 0 Å². The zero-order valence-corrected chi connectivity index (χ0v) is 18.1. The molecule has 0 unspecified atom stereocenters. The maximum atomic E-state index is 12.5. The molecule has 1 amide bonds. The van der Waals surface area contributed by atoms with Crippen LogP contribution in [0.25, 0.3) is 0 Å². The van der Waals surface area contributed by atoms with Crippen LogP contribution in [0.1, 0.15) is 22.4 Å². The number of benzene rings is 2. The molecule has 0 saturated carbocycles. The van der Waals surface area contributed by atoms with Crippen LogP contribution in [0.15, 0.2) is 35.7 Å². The van der Waals surface area contributed by atoms with Gasteiger partial charge in [-0.15, -0.1) is 11.3 Å². The van der Waals surface area contributed by atoms with E-state index in [1.165, 1.54) is 16.9 Å². The predicted molar refractivity (Wildman–Crippen MR) is 118 cm³/mol. The number of nitrogens with zero attached hydrogens (tertiary/aromatic N) is 1. The first-order valence-corrected chi connectivity index (χ1v) is 10.1. The minimum absolute atomic E-state index is 0.0872. The molecular weight excluding hydrogens is 386 g/mol. The lowest BCUT2D eigenvalue weighted by atomic mass is 10.0. The molecule has 1 aromatic heterocycles. The highest BCUT2D eigenvalue weighted by Gasteiger charge is 2.13. The molecule has 0 aliphatic carbocycles. The van der Waals surface area contributed by atoms with E-state index in [-0.39, 0.29) is 12.3 Å². The number of carbonyl (C=O) groups is 1. The summed E-state index contributed by atoms with van der Waals surface area (Å²) >= 11 is 1.43. The second-order valence-electron chi connectivity index (χ2n) is 6.83. The maximum Gasteiger partial charge on any atom is 0.230 e. The van der Waals surface area contributed by atoms with E-state index in [1.54, 1.807) is 14.2 Å². The van der Waals surface area contributed by atoms with Crippen LogP contribution in [0.3, 0.4) is 0 Å². The Kier molecular flexibility index (Phi) is 6.39. The third kappa shape index (κ3) is 5.06. The molecule has 3 rings (SSSR count). The van der Waals surface area contributed by atoms with Crippen molar-refractivity contribution in [3.63, 3.8) is 0 Å². The number of hydrogen-bond acceptors (Lipinski definition) is 6. The van der Waals surface area contributed by atoms with Gasteiger partial charge in [0.15, 0.2) is 5.13 Å². The van der Waals surface area contributed by atoms with Crippen LogP contribution in [-0.4, -0.2) is 25.1 Å². The Labute approximate surface area is 174 Å². The van der Waals surface area contributed by atoms with Crippen LogP contribution in [0, 0.1) is 20.8 Å². The minimum atomic E-state index is -0.0872. The number of aryl methyl sites for hydroxylation is 3. The van der Waals surface area contributed by atoms with Crippen LogP contribution in [0.5, 0.6) is 11.5 Å². The Morgan fingerprint density at radius 1 is 1.07 bits per heavy atom. The highest BCUT2D eigenvalue weighted by molar-refractivity contribution is 7.13. The van der Waals surface area contributed by atoms with E-state index >= 15 is 0 Å². The van der Waals surface area contributed by atoms with Crippen molar-refractivity contribution >= 4 is 33.8 Å². The van der Waals surface area contributed by atoms with E-state index in [1.807, 2.05) is 44.4 Å². The molecule has 7 heteroatoms. The molecule has 6 nitrogen and oxygen atoms in total. The van der Waals surface area contributed by atoms with Crippen LogP contribution in [0.4, 0.5) is 16.5 Å². The fraction of sp³-hybridized carbons (Fsp3) is 0.273. The quantitative estimate of drug-likeness (QED) is 0.572. The third-order valence-corrected chi connectivity index (χ3v) is 5.29. The summed E-state index contributed by atoms with van der Waals surface area (Å²) in [6.07, 6.45) is 0.209. The summed E-state index contributed by atoms with van der Waals surface area (Å²) in [6, 6.07) is 9.63. The average molecular weight is 412 g/mol. The number of amides is 1. The molecule has 0 radical (unpaired) electrons. The first kappa shape index (κ1) is 20.7. The van der Waals surface area contributed by atoms with E-state index in [4.69, 9.17) is 9.47 Å². The van der Waals surface area contributed by atoms with Gasteiger partial charge in [-0.3, -0.25) is 4.79 Å². The second-order valence-corrected chi connectivity index (χ2v) is 7.69. The highest BCUT2D eigenvalue weighted by Crippen LogP contribution is 2.32. The van der Waals surface area contributed by atoms with Gasteiger partial charge in [0.25, 0.3) is 0 Å². The first-order valence-electron chi connectivity index (χ1n) is 9.20. The molecule has 1 heterocycles. The summed E-state index contributed by atoms with van der Waals surface area (Å²) in [6.45, 7) is 6.05. The Morgan fingerprint density at radius 2 is 1.79 bits per heavy atom. The molecule has 0 spiro atoms. The van der Waals surface area contributed by atoms with Crippen molar-refractivity contribution in [3.05, 3.63) is 58.1 Å². The minimum Gasteiger partial charge on any atom is -0.497 e. The molecule has 0 atom stereocenters. The zero-order valence-electron chi connectivity index (χ0n) is 17.3. The summed E-state index contributed by atoms with van der Waals surface area (Å²) in [4.78, 5) is 17.0. The van der Waals surface area contributed by atoms with Gasteiger partial charge in [-0.05, 0) is 44.0 Å². The molecular formula is C22H25N3O3S. The van der Waals surface area contributed by atoms with Crippen molar-refractivity contribution in [2.45, 2.75) is 27.2 Å². The Balaban J connectivity index is 1.69. The van der Waals surface area contributed by atoms with E-state index in [0.717, 1.165) is 22.5 Å². The van der Waals surface area contributed by atoms with Crippen LogP contribution >= 0.6 is 11.3 Å². The summed E-state index contributed by atoms with van der Waals surface area (Å²) in [5, 5.41) is 8.81. The van der Waals surface area contributed by atoms with Gasteiger partial charge in [0, 0.05) is 17.1 Å². The van der Waals surface area contributed by atoms with Gasteiger partial charge in [-0.25, -0.2) is 4.98 Å². The number of methoxy groups -OCH3 is 2. The topological polar surface area (TPSA) is 72.5 Å². The molecule has 2 N–H and O–H groups in total. The zero-order chi connectivity index (χ0) is 21.0. The third-order valence-electron chi connectivity index (χ3n) is 4.48. The summed E-state index contributed by atoms with van der Waals surface area (Å²) in [7, 11) is 3.23. The fourth-order valence-electron chi connectivity index (χ4n) is 3.20. The first-order chi connectivity index (χ1) is 13.9. The molecule has 0 bridgehead atoms. The van der Waals surface area contributed by atoms with Crippen molar-refractivity contribution in [3.8, 4) is 11.5 Å². The van der Waals surface area contributed by atoms with Crippen molar-refractivity contribution in [2.24, 2.45) is 0 Å². The monoisotopic (exact) mass is 411 g/mol. The molecule has 0 fully saturated rings. The van der Waals surface area contributed by atoms with E-state index < -0.39 is 0 Å². The van der Waals surface area contributed by atoms with Crippen LogP contribution in [-0.2, 0) is 11.2 Å². The lowest BCUT2D eigenvalue weighted by Crippen LogP contribution is -2.16. The second kappa shape index (κ2) is 8.96. The number of hydrogen-bond donors (Lipinski definition) is 2. The molecule has 0 aliphatic heterocycles. The number of ether oxygens (including phenoxy) is 2.